The number of aromatic nitrogens is 2. The summed E-state index contributed by atoms with van der Waals surface area (Å²) < 4.78 is 10.5. The third kappa shape index (κ3) is 3.47. The van der Waals surface area contributed by atoms with Gasteiger partial charge in [-0.15, -0.1) is 0 Å². The van der Waals surface area contributed by atoms with Crippen LogP contribution in [0.1, 0.15) is 27.2 Å². The maximum Gasteiger partial charge on any atom is 0.289 e. The summed E-state index contributed by atoms with van der Waals surface area (Å²) in [5, 5.41) is 13.7. The number of aryl methyl sites for hydroxylation is 2. The minimum Gasteiger partial charge on any atom is -0.493 e. The van der Waals surface area contributed by atoms with Crippen molar-refractivity contribution in [3.63, 3.8) is 0 Å². The van der Waals surface area contributed by atoms with Crippen LogP contribution in [-0.4, -0.2) is 36.5 Å². The molecule has 3 aromatic carbocycles. The standard InChI is InChI=1S/C25H22N4O3/c1-31-22-11-6-15(12-23(22)32-2)14-26-29-25(30)21-13-20(27-28-21)18-10-9-17-8-7-16-4-3-5-19(18)24(16)17/h3-6,9-14H,7-8H2,1-2H3,(H,27,28)(H,29,30). The minimum atomic E-state index is -0.369. The largest absolute Gasteiger partial charge is 0.493 e. The maximum absolute atomic E-state index is 12.5. The minimum absolute atomic E-state index is 0.340. The monoisotopic (exact) mass is 426 g/mol. The first-order valence-corrected chi connectivity index (χ1v) is 10.3. The molecule has 0 atom stereocenters. The highest BCUT2D eigenvalue weighted by molar-refractivity contribution is 6.02. The van der Waals surface area contributed by atoms with Gasteiger partial charge in [0.15, 0.2) is 11.5 Å². The Morgan fingerprint density at radius 2 is 1.84 bits per heavy atom. The van der Waals surface area contributed by atoms with Crippen LogP contribution in [0.3, 0.4) is 0 Å². The van der Waals surface area contributed by atoms with Gasteiger partial charge in [-0.1, -0.05) is 30.3 Å². The lowest BCUT2D eigenvalue weighted by atomic mass is 9.98. The fourth-order valence-corrected chi connectivity index (χ4v) is 4.20. The number of ether oxygens (including phenoxy) is 2. The van der Waals surface area contributed by atoms with Gasteiger partial charge in [-0.2, -0.15) is 10.2 Å². The molecular formula is C25H22N4O3. The molecule has 0 radical (unpaired) electrons. The number of hydrazone groups is 1. The summed E-state index contributed by atoms with van der Waals surface area (Å²) in [7, 11) is 3.15. The van der Waals surface area contributed by atoms with E-state index in [4.69, 9.17) is 9.47 Å². The third-order valence-electron chi connectivity index (χ3n) is 5.76. The molecule has 2 N–H and O–H groups in total. The molecule has 32 heavy (non-hydrogen) atoms. The number of H-pyrrole nitrogens is 1. The van der Waals surface area contributed by atoms with Gasteiger partial charge in [-0.3, -0.25) is 9.89 Å². The zero-order valence-corrected chi connectivity index (χ0v) is 17.8. The zero-order chi connectivity index (χ0) is 22.1. The van der Waals surface area contributed by atoms with E-state index in [0.29, 0.717) is 17.2 Å². The van der Waals surface area contributed by atoms with Crippen LogP contribution in [0.5, 0.6) is 11.5 Å². The smallest absolute Gasteiger partial charge is 0.289 e. The van der Waals surface area contributed by atoms with Crippen LogP contribution in [-0.2, 0) is 12.8 Å². The zero-order valence-electron chi connectivity index (χ0n) is 17.8. The average Bonchev–Trinajstić information content (AvgIpc) is 3.48. The number of hydrogen-bond donors (Lipinski definition) is 2. The van der Waals surface area contributed by atoms with E-state index < -0.39 is 0 Å². The van der Waals surface area contributed by atoms with Crippen molar-refractivity contribution in [3.05, 3.63) is 77.0 Å². The normalized spacial score (nSPS) is 12.4. The van der Waals surface area contributed by atoms with Gasteiger partial charge in [0.1, 0.15) is 5.69 Å². The first-order chi connectivity index (χ1) is 15.7. The number of hydrogen-bond acceptors (Lipinski definition) is 5. The van der Waals surface area contributed by atoms with Gasteiger partial charge in [-0.25, -0.2) is 5.43 Å². The molecule has 7 heteroatoms. The second-order valence-electron chi connectivity index (χ2n) is 7.59. The number of rotatable bonds is 6. The van der Waals surface area contributed by atoms with Gasteiger partial charge >= 0.3 is 0 Å². The highest BCUT2D eigenvalue weighted by atomic mass is 16.5. The Balaban J connectivity index is 1.34. The molecule has 160 valence electrons. The van der Waals surface area contributed by atoms with E-state index in [-0.39, 0.29) is 5.91 Å². The average molecular weight is 426 g/mol. The summed E-state index contributed by atoms with van der Waals surface area (Å²) in [6.07, 6.45) is 3.69. The van der Waals surface area contributed by atoms with Gasteiger partial charge < -0.3 is 9.47 Å². The summed E-state index contributed by atoms with van der Waals surface area (Å²) in [5.41, 5.74) is 8.12. The molecule has 0 fully saturated rings. The highest BCUT2D eigenvalue weighted by Crippen LogP contribution is 2.36. The molecule has 0 bridgehead atoms. The first-order valence-electron chi connectivity index (χ1n) is 10.3. The van der Waals surface area contributed by atoms with E-state index in [2.05, 4.69) is 51.1 Å². The summed E-state index contributed by atoms with van der Waals surface area (Å²) in [4.78, 5) is 12.5. The number of carbonyl (C=O) groups excluding carboxylic acids is 1. The fourth-order valence-electron chi connectivity index (χ4n) is 4.20. The maximum atomic E-state index is 12.5. The lowest BCUT2D eigenvalue weighted by molar-refractivity contribution is 0.0950. The molecule has 1 aliphatic carbocycles. The number of methoxy groups -OCH3 is 2. The third-order valence-corrected chi connectivity index (χ3v) is 5.76. The molecule has 0 unspecified atom stereocenters. The number of benzene rings is 3. The Bertz CT molecular complexity index is 1350. The topological polar surface area (TPSA) is 88.6 Å². The molecule has 4 aromatic rings. The molecule has 0 spiro atoms. The molecule has 1 heterocycles. The Kier molecular flexibility index (Phi) is 5.07. The van der Waals surface area contributed by atoms with E-state index in [9.17, 15) is 4.79 Å². The molecule has 1 aromatic heterocycles. The van der Waals surface area contributed by atoms with Crippen molar-refractivity contribution in [3.8, 4) is 22.8 Å². The van der Waals surface area contributed by atoms with Crippen LogP contribution < -0.4 is 14.9 Å². The van der Waals surface area contributed by atoms with Gasteiger partial charge in [-0.05, 0) is 64.6 Å². The molecular weight excluding hydrogens is 404 g/mol. The van der Waals surface area contributed by atoms with Crippen molar-refractivity contribution in [2.75, 3.05) is 14.2 Å². The van der Waals surface area contributed by atoms with Crippen LogP contribution in [0.2, 0.25) is 0 Å². The van der Waals surface area contributed by atoms with Crippen LogP contribution in [0.25, 0.3) is 22.0 Å². The van der Waals surface area contributed by atoms with E-state index in [1.165, 1.54) is 21.9 Å². The Hall–Kier alpha value is -4.13. The van der Waals surface area contributed by atoms with Crippen molar-refractivity contribution >= 4 is 22.9 Å². The van der Waals surface area contributed by atoms with Crippen molar-refractivity contribution < 1.29 is 14.3 Å². The van der Waals surface area contributed by atoms with Crippen molar-refractivity contribution in [2.24, 2.45) is 5.10 Å². The summed E-state index contributed by atoms with van der Waals surface area (Å²) >= 11 is 0. The molecule has 7 nitrogen and oxygen atoms in total. The second kappa shape index (κ2) is 8.19. The lowest BCUT2D eigenvalue weighted by Crippen LogP contribution is -2.18. The highest BCUT2D eigenvalue weighted by Gasteiger charge is 2.18. The predicted octanol–water partition coefficient (Wildman–Crippen LogP) is 4.11. The van der Waals surface area contributed by atoms with Crippen molar-refractivity contribution in [1.29, 1.82) is 0 Å². The van der Waals surface area contributed by atoms with Gasteiger partial charge in [0.2, 0.25) is 0 Å². The number of aromatic amines is 1. The second-order valence-corrected chi connectivity index (χ2v) is 7.59. The molecule has 1 aliphatic rings. The van der Waals surface area contributed by atoms with E-state index in [0.717, 1.165) is 29.7 Å². The summed E-state index contributed by atoms with van der Waals surface area (Å²) in [6.45, 7) is 0. The quantitative estimate of drug-likeness (QED) is 0.359. The summed E-state index contributed by atoms with van der Waals surface area (Å²) in [5.74, 6) is 0.847. The van der Waals surface area contributed by atoms with Gasteiger partial charge in [0, 0.05) is 5.56 Å². The van der Waals surface area contributed by atoms with E-state index in [1.807, 2.05) is 6.07 Å². The predicted molar refractivity (Wildman–Crippen MR) is 124 cm³/mol. The van der Waals surface area contributed by atoms with E-state index >= 15 is 0 Å². The Labute approximate surface area is 185 Å². The lowest BCUT2D eigenvalue weighted by Gasteiger charge is -2.07. The number of nitrogens with zero attached hydrogens (tertiary/aromatic N) is 2. The number of carbonyl (C=O) groups is 1. The van der Waals surface area contributed by atoms with Crippen LogP contribution >= 0.6 is 0 Å². The Morgan fingerprint density at radius 3 is 2.66 bits per heavy atom. The molecule has 0 aliphatic heterocycles. The van der Waals surface area contributed by atoms with Crippen molar-refractivity contribution in [1.82, 2.24) is 15.6 Å². The SMILES string of the molecule is COc1ccc(C=NNC(=O)c2cc(-c3ccc4c5c(cccc35)CC4)n[nH]2)cc1OC. The van der Waals surface area contributed by atoms with Crippen molar-refractivity contribution in [2.45, 2.75) is 12.8 Å². The van der Waals surface area contributed by atoms with Gasteiger partial charge in [0.25, 0.3) is 5.91 Å². The molecule has 1 amide bonds. The van der Waals surface area contributed by atoms with E-state index in [1.54, 1.807) is 38.6 Å². The van der Waals surface area contributed by atoms with Crippen LogP contribution in [0.15, 0.2) is 59.7 Å². The number of nitrogens with one attached hydrogen (secondary N) is 2. The number of amides is 1. The van der Waals surface area contributed by atoms with Crippen LogP contribution in [0.4, 0.5) is 0 Å². The fraction of sp³-hybridized carbons (Fsp3) is 0.160. The molecule has 5 rings (SSSR count). The Morgan fingerprint density at radius 1 is 1.03 bits per heavy atom. The van der Waals surface area contributed by atoms with Crippen LogP contribution in [0, 0.1) is 0 Å². The molecule has 0 saturated carbocycles. The molecule has 0 saturated heterocycles. The summed E-state index contributed by atoms with van der Waals surface area (Å²) in [6, 6.07) is 17.8. The first kappa shape index (κ1) is 19.8. The van der Waals surface area contributed by atoms with Gasteiger partial charge in [0.05, 0.1) is 26.1 Å².